The van der Waals surface area contributed by atoms with Crippen molar-refractivity contribution in [3.05, 3.63) is 64.1 Å². The summed E-state index contributed by atoms with van der Waals surface area (Å²) in [4.78, 5) is 27.1. The monoisotopic (exact) mass is 618 g/mol. The Morgan fingerprint density at radius 3 is 2.38 bits per heavy atom. The third-order valence-corrected chi connectivity index (χ3v) is 9.46. The van der Waals surface area contributed by atoms with Crippen LogP contribution in [0, 0.1) is 11.3 Å². The van der Waals surface area contributed by atoms with Gasteiger partial charge >= 0.3 is 12.3 Å². The van der Waals surface area contributed by atoms with E-state index in [2.05, 4.69) is 10.6 Å². The first kappa shape index (κ1) is 29.9. The van der Waals surface area contributed by atoms with Crippen LogP contribution in [-0.4, -0.2) is 61.6 Å². The van der Waals surface area contributed by atoms with Crippen LogP contribution < -0.4 is 10.6 Å². The molecular formula is C25H23Cl2F3N4O5S. The zero-order valence-corrected chi connectivity index (χ0v) is 22.9. The van der Waals surface area contributed by atoms with Gasteiger partial charge in [-0.2, -0.15) is 18.4 Å². The van der Waals surface area contributed by atoms with Gasteiger partial charge in [-0.05, 0) is 42.7 Å². The van der Waals surface area contributed by atoms with Crippen molar-refractivity contribution >= 4 is 45.0 Å². The number of carbonyl (C=O) groups is 2. The molecule has 2 aliphatic rings. The zero-order valence-electron chi connectivity index (χ0n) is 20.6. The van der Waals surface area contributed by atoms with Crippen LogP contribution in [-0.2, 0) is 19.4 Å². The predicted molar refractivity (Wildman–Crippen MR) is 138 cm³/mol. The molecule has 1 aliphatic carbocycles. The predicted octanol–water partition coefficient (Wildman–Crippen LogP) is 4.37. The number of benzene rings is 2. The van der Waals surface area contributed by atoms with Gasteiger partial charge in [0.25, 0.3) is 0 Å². The molecule has 9 nitrogen and oxygen atoms in total. The number of rotatable bonds is 8. The molecule has 1 aliphatic heterocycles. The van der Waals surface area contributed by atoms with E-state index in [1.165, 1.54) is 48.5 Å². The lowest BCUT2D eigenvalue weighted by atomic mass is 10.1. The number of carbonyl (C=O) groups excluding carboxylic acids is 2. The molecule has 40 heavy (non-hydrogen) atoms. The summed E-state index contributed by atoms with van der Waals surface area (Å²) in [5.41, 5.74) is -0.992. The normalized spacial score (nSPS) is 20.9. The highest BCUT2D eigenvalue weighted by atomic mass is 35.5. The average molecular weight is 619 g/mol. The van der Waals surface area contributed by atoms with Gasteiger partial charge in [-0.15, -0.1) is 0 Å². The first-order valence-corrected chi connectivity index (χ1v) is 14.3. The van der Waals surface area contributed by atoms with E-state index in [0.717, 1.165) is 4.90 Å². The summed E-state index contributed by atoms with van der Waals surface area (Å²) in [6.45, 7) is -2.02. The summed E-state index contributed by atoms with van der Waals surface area (Å²) in [5, 5.41) is 12.8. The highest BCUT2D eigenvalue weighted by Gasteiger charge is 2.49. The molecule has 2 aromatic carbocycles. The second-order valence-electron chi connectivity index (χ2n) is 9.48. The van der Waals surface area contributed by atoms with E-state index in [4.69, 9.17) is 27.9 Å². The van der Waals surface area contributed by atoms with Crippen LogP contribution in [0.5, 0.6) is 0 Å². The van der Waals surface area contributed by atoms with E-state index in [-0.39, 0.29) is 26.9 Å². The maximum absolute atomic E-state index is 13.7. The lowest BCUT2D eigenvalue weighted by molar-refractivity contribution is -0.144. The van der Waals surface area contributed by atoms with E-state index in [9.17, 15) is 36.4 Å². The van der Waals surface area contributed by atoms with Crippen LogP contribution in [0.4, 0.5) is 18.0 Å². The maximum atomic E-state index is 13.7. The Labute approximate surface area is 238 Å². The molecule has 3 atom stereocenters. The smallest absolute Gasteiger partial charge is 0.410 e. The summed E-state index contributed by atoms with van der Waals surface area (Å²) in [6, 6.07) is 11.5. The molecule has 1 saturated heterocycles. The molecule has 2 N–H and O–H groups in total. The maximum Gasteiger partial charge on any atom is 0.410 e. The van der Waals surface area contributed by atoms with Gasteiger partial charge in [-0.3, -0.25) is 10.1 Å². The lowest BCUT2D eigenvalue weighted by Gasteiger charge is -2.29. The van der Waals surface area contributed by atoms with Gasteiger partial charge in [0.1, 0.15) is 11.6 Å². The van der Waals surface area contributed by atoms with E-state index in [0.29, 0.717) is 12.8 Å². The van der Waals surface area contributed by atoms with Gasteiger partial charge in [-0.25, -0.2) is 13.2 Å². The van der Waals surface area contributed by atoms with E-state index in [1.54, 1.807) is 0 Å². The van der Waals surface area contributed by atoms with Crippen LogP contribution in [0.1, 0.15) is 30.9 Å². The van der Waals surface area contributed by atoms with Crippen molar-refractivity contribution in [1.82, 2.24) is 15.5 Å². The minimum absolute atomic E-state index is 0.0573. The summed E-state index contributed by atoms with van der Waals surface area (Å²) in [7, 11) is -4.17. The van der Waals surface area contributed by atoms with E-state index < -0.39 is 64.2 Å². The van der Waals surface area contributed by atoms with Gasteiger partial charge in [0.15, 0.2) is 16.1 Å². The Morgan fingerprint density at radius 2 is 1.80 bits per heavy atom. The highest BCUT2D eigenvalue weighted by Crippen LogP contribution is 2.36. The van der Waals surface area contributed by atoms with Gasteiger partial charge < -0.3 is 15.0 Å². The number of likely N-dealkylation sites (tertiary alicyclic amines) is 1. The molecule has 2 unspecified atom stereocenters. The molecule has 0 radical (unpaired) electrons. The standard InChI is InChI=1S/C25H23Cl2F3N4O5S/c26-16-7-5-15(6-8-16)21(32-14-25(28,29)30)22(35)34-12-17(40(37,38)19-4-2-1-3-18(19)27)11-20(34)39-23(36)33-24(13-31)9-10-24/h1-8,17,20-21,32H,9-12,14H2,(H,33,36)/t17-,20?,21?/m1/s1. The van der Waals surface area contributed by atoms with Crippen molar-refractivity contribution in [3.8, 4) is 6.07 Å². The number of ether oxygens (including phenoxy) is 1. The highest BCUT2D eigenvalue weighted by molar-refractivity contribution is 7.92. The fourth-order valence-electron chi connectivity index (χ4n) is 4.31. The Hall–Kier alpha value is -3.05. The number of amides is 2. The largest absolute Gasteiger partial charge is 0.425 e. The fourth-order valence-corrected chi connectivity index (χ4v) is 6.64. The van der Waals surface area contributed by atoms with Gasteiger partial charge in [0.05, 0.1) is 27.8 Å². The topological polar surface area (TPSA) is 129 Å². The molecular weight excluding hydrogens is 596 g/mol. The Balaban J connectivity index is 1.66. The first-order chi connectivity index (χ1) is 18.7. The second kappa shape index (κ2) is 11.4. The van der Waals surface area contributed by atoms with Crippen molar-refractivity contribution in [1.29, 1.82) is 5.26 Å². The quantitative estimate of drug-likeness (QED) is 0.449. The van der Waals surface area contributed by atoms with Crippen molar-refractivity contribution in [2.75, 3.05) is 13.1 Å². The number of sulfone groups is 1. The molecule has 1 heterocycles. The molecule has 15 heteroatoms. The van der Waals surface area contributed by atoms with Crippen molar-refractivity contribution in [2.45, 2.75) is 53.4 Å². The van der Waals surface area contributed by atoms with Crippen LogP contribution >= 0.6 is 23.2 Å². The zero-order chi connectivity index (χ0) is 29.3. The van der Waals surface area contributed by atoms with Crippen LogP contribution in [0.2, 0.25) is 10.0 Å². The number of nitrogens with one attached hydrogen (secondary N) is 2. The van der Waals surface area contributed by atoms with Crippen molar-refractivity contribution in [2.24, 2.45) is 0 Å². The van der Waals surface area contributed by atoms with Crippen LogP contribution in [0.15, 0.2) is 53.4 Å². The number of nitrogens with zero attached hydrogens (tertiary/aromatic N) is 2. The van der Waals surface area contributed by atoms with Crippen molar-refractivity contribution in [3.63, 3.8) is 0 Å². The minimum atomic E-state index is -4.67. The Morgan fingerprint density at radius 1 is 1.15 bits per heavy atom. The van der Waals surface area contributed by atoms with Crippen molar-refractivity contribution < 1.29 is 35.9 Å². The summed E-state index contributed by atoms with van der Waals surface area (Å²) < 4.78 is 71.7. The molecule has 1 saturated carbocycles. The fraction of sp³-hybridized carbons (Fsp3) is 0.400. The number of alkyl halides is 3. The molecule has 4 rings (SSSR count). The summed E-state index contributed by atoms with van der Waals surface area (Å²) in [6.07, 6.45) is -6.81. The molecule has 2 fully saturated rings. The number of halogens is 5. The number of hydrogen-bond acceptors (Lipinski definition) is 7. The lowest BCUT2D eigenvalue weighted by Crippen LogP contribution is -2.48. The van der Waals surface area contributed by atoms with Gasteiger partial charge in [0, 0.05) is 18.0 Å². The number of nitriles is 1. The average Bonchev–Trinajstić information content (AvgIpc) is 3.52. The summed E-state index contributed by atoms with van der Waals surface area (Å²) >= 11 is 12.0. The molecule has 0 spiro atoms. The second-order valence-corrected chi connectivity index (χ2v) is 12.5. The number of alkyl carbamates (subject to hydrolysis) is 1. The minimum Gasteiger partial charge on any atom is -0.425 e. The molecule has 2 aromatic rings. The molecule has 214 valence electrons. The van der Waals surface area contributed by atoms with Crippen LogP contribution in [0.3, 0.4) is 0 Å². The third kappa shape index (κ3) is 6.80. The van der Waals surface area contributed by atoms with E-state index in [1.807, 2.05) is 6.07 Å². The molecule has 2 amide bonds. The third-order valence-electron chi connectivity index (χ3n) is 6.58. The van der Waals surface area contributed by atoms with Crippen LogP contribution in [0.25, 0.3) is 0 Å². The number of hydrogen-bond donors (Lipinski definition) is 2. The van der Waals surface area contributed by atoms with Gasteiger partial charge in [-0.1, -0.05) is 47.5 Å². The summed E-state index contributed by atoms with van der Waals surface area (Å²) in [5.74, 6) is -0.956. The Bertz CT molecular complexity index is 1430. The van der Waals surface area contributed by atoms with Gasteiger partial charge in [0.2, 0.25) is 5.91 Å². The molecule has 0 bridgehead atoms. The first-order valence-electron chi connectivity index (χ1n) is 12.0. The molecule has 0 aromatic heterocycles. The Kier molecular flexibility index (Phi) is 8.56. The van der Waals surface area contributed by atoms with E-state index >= 15 is 0 Å². The SMILES string of the molecule is N#CC1(NC(=O)OC2C[C@@H](S(=O)(=O)c3ccccc3Cl)CN2C(=O)C(NCC(F)(F)F)c2ccc(Cl)cc2)CC1.